The zero-order chi connectivity index (χ0) is 21.1. The number of carbonyl (C=O) groups excluding carboxylic acids is 2. The summed E-state index contributed by atoms with van der Waals surface area (Å²) in [4.78, 5) is 24.4. The van der Waals surface area contributed by atoms with Crippen molar-refractivity contribution in [3.8, 4) is 0 Å². The normalized spacial score (nSPS) is 18.4. The fourth-order valence-electron chi connectivity index (χ4n) is 2.89. The molecule has 28 heavy (non-hydrogen) atoms. The van der Waals surface area contributed by atoms with Crippen LogP contribution >= 0.6 is 0 Å². The van der Waals surface area contributed by atoms with Gasteiger partial charge in [0.15, 0.2) is 23.9 Å². The van der Waals surface area contributed by atoms with Crippen LogP contribution in [-0.4, -0.2) is 25.2 Å². The molecular formula is C21H26F3NO3. The van der Waals surface area contributed by atoms with E-state index in [-0.39, 0.29) is 25.6 Å². The lowest BCUT2D eigenvalue weighted by Gasteiger charge is -2.22. The van der Waals surface area contributed by atoms with Gasteiger partial charge in [-0.05, 0) is 28.2 Å². The molecule has 0 fully saturated rings. The molecule has 2 unspecified atom stereocenters. The number of benzene rings is 1. The van der Waals surface area contributed by atoms with Gasteiger partial charge in [-0.3, -0.25) is 4.79 Å². The molecule has 0 bridgehead atoms. The van der Waals surface area contributed by atoms with E-state index in [2.05, 4.69) is 5.32 Å². The van der Waals surface area contributed by atoms with E-state index in [9.17, 15) is 22.8 Å². The van der Waals surface area contributed by atoms with Gasteiger partial charge in [-0.1, -0.05) is 45.0 Å². The number of hydrogen-bond acceptors (Lipinski definition) is 3. The predicted molar refractivity (Wildman–Crippen MR) is 102 cm³/mol. The second-order valence-electron chi connectivity index (χ2n) is 7.92. The number of ether oxygens (including phenoxy) is 1. The Bertz CT molecular complexity index is 813. The molecule has 0 heterocycles. The average molecular weight is 397 g/mol. The summed E-state index contributed by atoms with van der Waals surface area (Å²) in [6, 6.07) is 5.26. The summed E-state index contributed by atoms with van der Waals surface area (Å²) < 4.78 is 45.0. The molecule has 0 saturated carbocycles. The van der Waals surface area contributed by atoms with Gasteiger partial charge in [0.25, 0.3) is 0 Å². The van der Waals surface area contributed by atoms with Gasteiger partial charge >= 0.3 is 5.97 Å². The Morgan fingerprint density at radius 1 is 1.25 bits per heavy atom. The van der Waals surface area contributed by atoms with E-state index in [0.717, 1.165) is 6.08 Å². The third-order valence-corrected chi connectivity index (χ3v) is 4.25. The molecule has 1 amide bonds. The second-order valence-corrected chi connectivity index (χ2v) is 7.92. The van der Waals surface area contributed by atoms with Crippen LogP contribution in [0.25, 0.3) is 5.57 Å². The van der Waals surface area contributed by atoms with Crippen molar-refractivity contribution < 1.29 is 28.9 Å². The lowest BCUT2D eigenvalue weighted by atomic mass is 9.91. The number of nitrogens with one attached hydrogen (secondary N) is 1. The summed E-state index contributed by atoms with van der Waals surface area (Å²) in [5.74, 6) is -3.55. The van der Waals surface area contributed by atoms with Crippen molar-refractivity contribution in [3.05, 3.63) is 53.1 Å². The van der Waals surface area contributed by atoms with Crippen LogP contribution in [0, 0.1) is 5.41 Å². The van der Waals surface area contributed by atoms with Gasteiger partial charge in [-0.2, -0.15) is 0 Å². The minimum Gasteiger partial charge on any atom is -0.467 e. The van der Waals surface area contributed by atoms with Gasteiger partial charge < -0.3 is 10.1 Å². The topological polar surface area (TPSA) is 55.4 Å². The van der Waals surface area contributed by atoms with Gasteiger partial charge in [0.05, 0.1) is 7.11 Å². The number of rotatable bonds is 5. The van der Waals surface area contributed by atoms with Crippen molar-refractivity contribution in [1.82, 2.24) is 5.32 Å². The summed E-state index contributed by atoms with van der Waals surface area (Å²) in [7, 11) is 1.22. The quantitative estimate of drug-likeness (QED) is 0.714. The van der Waals surface area contributed by atoms with Crippen molar-refractivity contribution >= 4 is 17.4 Å². The zero-order valence-corrected chi connectivity index (χ0v) is 16.3. The first-order chi connectivity index (χ1) is 13.0. The van der Waals surface area contributed by atoms with Crippen LogP contribution in [0.3, 0.4) is 0 Å². The lowest BCUT2D eigenvalue weighted by molar-refractivity contribution is -0.145. The molecule has 1 aliphatic rings. The van der Waals surface area contributed by atoms with Crippen LogP contribution in [0.5, 0.6) is 0 Å². The van der Waals surface area contributed by atoms with E-state index in [0.29, 0.717) is 16.7 Å². The molecule has 154 valence electrons. The van der Waals surface area contributed by atoms with Crippen LogP contribution in [0.15, 0.2) is 42.0 Å². The fraction of sp³-hybridized carbons (Fsp3) is 0.429. The van der Waals surface area contributed by atoms with Crippen LogP contribution in [0.2, 0.25) is 0 Å². The molecule has 1 aromatic carbocycles. The smallest absolute Gasteiger partial charge is 0.333 e. The molecule has 2 atom stereocenters. The summed E-state index contributed by atoms with van der Waals surface area (Å²) in [5.41, 5.74) is 1.02. The number of hydrogen-bond donors (Lipinski definition) is 1. The molecule has 2 rings (SSSR count). The third-order valence-electron chi connectivity index (χ3n) is 4.25. The molecule has 1 aliphatic carbocycles. The van der Waals surface area contributed by atoms with Gasteiger partial charge in [0.1, 0.15) is 0 Å². The van der Waals surface area contributed by atoms with E-state index < -0.39 is 29.8 Å². The van der Waals surface area contributed by atoms with Crippen molar-refractivity contribution in [2.24, 2.45) is 5.41 Å². The average Bonchev–Trinajstić information content (AvgIpc) is 2.62. The molecule has 1 aromatic rings. The Hall–Kier alpha value is -2.57. The zero-order valence-electron chi connectivity index (χ0n) is 16.3. The molecule has 0 spiro atoms. The first-order valence-corrected chi connectivity index (χ1v) is 8.89. The number of alkyl halides is 1. The summed E-state index contributed by atoms with van der Waals surface area (Å²) in [6.45, 7) is 5.71. The largest absolute Gasteiger partial charge is 0.467 e. The summed E-state index contributed by atoms with van der Waals surface area (Å²) in [6.07, 6.45) is -1.11. The number of esters is 1. The number of halogens is 3. The molecule has 0 aliphatic heterocycles. The molecule has 0 aromatic heterocycles. The number of carbonyl (C=O) groups is 2. The second kappa shape index (κ2) is 8.63. The standard InChI is InChI=1S/C21H24F3NO3.H2/c1-21(2,3)11-17(26)25-19(20(27)28-4)13-7-5-12(6-8-13)14-9-15(22)18(24)16(23)10-14;/h5-9,16,19H,10-11H2,1-4H3,(H,25,26);1H. The Balaban J connectivity index is 0.00000420. The maximum atomic E-state index is 13.6. The van der Waals surface area contributed by atoms with Crippen LogP contribution in [0.4, 0.5) is 13.2 Å². The van der Waals surface area contributed by atoms with E-state index in [1.54, 1.807) is 24.3 Å². The maximum absolute atomic E-state index is 13.6. The molecular weight excluding hydrogens is 371 g/mol. The highest BCUT2D eigenvalue weighted by molar-refractivity contribution is 5.86. The SMILES string of the molecule is COC(=O)C(NC(=O)CC(C)(C)C)c1ccc(C2=CC(F)=C(F)C(F)C2)cc1.[HH]. The maximum Gasteiger partial charge on any atom is 0.333 e. The minimum absolute atomic E-state index is 0. The van der Waals surface area contributed by atoms with Gasteiger partial charge in [-0.25, -0.2) is 18.0 Å². The Morgan fingerprint density at radius 2 is 1.86 bits per heavy atom. The van der Waals surface area contributed by atoms with E-state index >= 15 is 0 Å². The van der Waals surface area contributed by atoms with E-state index in [1.165, 1.54) is 7.11 Å². The van der Waals surface area contributed by atoms with Gasteiger partial charge in [0.2, 0.25) is 5.91 Å². The molecule has 7 heteroatoms. The highest BCUT2D eigenvalue weighted by Crippen LogP contribution is 2.34. The lowest BCUT2D eigenvalue weighted by Crippen LogP contribution is -2.36. The number of methoxy groups -OCH3 is 1. The van der Waals surface area contributed by atoms with Crippen molar-refractivity contribution in [2.75, 3.05) is 7.11 Å². The first kappa shape index (κ1) is 21.7. The predicted octanol–water partition coefficient (Wildman–Crippen LogP) is 4.97. The molecule has 1 N–H and O–H groups in total. The van der Waals surface area contributed by atoms with E-state index in [1.807, 2.05) is 20.8 Å². The Labute approximate surface area is 163 Å². The van der Waals surface area contributed by atoms with Gasteiger partial charge in [0, 0.05) is 14.3 Å². The highest BCUT2D eigenvalue weighted by atomic mass is 19.2. The highest BCUT2D eigenvalue weighted by Gasteiger charge is 2.27. The first-order valence-electron chi connectivity index (χ1n) is 8.89. The minimum atomic E-state index is -2.01. The molecule has 4 nitrogen and oxygen atoms in total. The molecule has 0 radical (unpaired) electrons. The van der Waals surface area contributed by atoms with Crippen LogP contribution in [-0.2, 0) is 14.3 Å². The van der Waals surface area contributed by atoms with Crippen molar-refractivity contribution in [2.45, 2.75) is 45.8 Å². The number of allylic oxidation sites excluding steroid dienone is 4. The summed E-state index contributed by atoms with van der Waals surface area (Å²) in [5, 5.41) is 2.65. The van der Waals surface area contributed by atoms with E-state index in [4.69, 9.17) is 4.74 Å². The third kappa shape index (κ3) is 5.47. The summed E-state index contributed by atoms with van der Waals surface area (Å²) >= 11 is 0. The molecule has 0 saturated heterocycles. The van der Waals surface area contributed by atoms with Crippen molar-refractivity contribution in [3.63, 3.8) is 0 Å². The monoisotopic (exact) mass is 397 g/mol. The fourth-order valence-corrected chi connectivity index (χ4v) is 2.89. The van der Waals surface area contributed by atoms with Crippen molar-refractivity contribution in [1.29, 1.82) is 0 Å². The Kier molecular flexibility index (Phi) is 6.69. The van der Waals surface area contributed by atoms with Gasteiger partial charge in [-0.15, -0.1) is 0 Å². The number of amides is 1. The van der Waals surface area contributed by atoms with Crippen LogP contribution < -0.4 is 5.32 Å². The Morgan fingerprint density at radius 3 is 2.36 bits per heavy atom. The van der Waals surface area contributed by atoms with Crippen LogP contribution in [0.1, 0.15) is 52.2 Å².